The van der Waals surface area contributed by atoms with E-state index in [2.05, 4.69) is 30.1 Å². The van der Waals surface area contributed by atoms with Gasteiger partial charge in [-0.2, -0.15) is 0 Å². The van der Waals surface area contributed by atoms with E-state index in [4.69, 9.17) is 0 Å². The molecule has 19 heavy (non-hydrogen) atoms. The van der Waals surface area contributed by atoms with Gasteiger partial charge in [-0.05, 0) is 49.3 Å². The van der Waals surface area contributed by atoms with Crippen molar-refractivity contribution in [3.8, 4) is 0 Å². The predicted octanol–water partition coefficient (Wildman–Crippen LogP) is 4.35. The molecule has 1 fully saturated rings. The molecule has 2 atom stereocenters. The molecule has 3 rings (SSSR count). The highest BCUT2D eigenvalue weighted by Crippen LogP contribution is 2.41. The van der Waals surface area contributed by atoms with Gasteiger partial charge in [0.1, 0.15) is 0 Å². The Labute approximate surface area is 114 Å². The molecule has 1 saturated carbocycles. The topological polar surface area (TPSA) is 36.0 Å². The second-order valence-electron chi connectivity index (χ2n) is 5.98. The predicted molar refractivity (Wildman–Crippen MR) is 79.1 cm³/mol. The lowest BCUT2D eigenvalue weighted by atomic mass is 9.84. The molecule has 2 heteroatoms. The van der Waals surface area contributed by atoms with Gasteiger partial charge in [0, 0.05) is 17.1 Å². The number of aliphatic hydroxyl groups is 1. The maximum atomic E-state index is 11.1. The third-order valence-corrected chi connectivity index (χ3v) is 4.84. The Bertz CT molecular complexity index is 559. The quantitative estimate of drug-likeness (QED) is 0.771. The van der Waals surface area contributed by atoms with Crippen molar-refractivity contribution >= 4 is 10.9 Å². The van der Waals surface area contributed by atoms with Crippen LogP contribution in [0, 0.1) is 5.92 Å². The zero-order chi connectivity index (χ0) is 13.3. The van der Waals surface area contributed by atoms with Gasteiger partial charge in [-0.15, -0.1) is 0 Å². The van der Waals surface area contributed by atoms with Crippen molar-refractivity contribution in [1.29, 1.82) is 0 Å². The van der Waals surface area contributed by atoms with Crippen LogP contribution >= 0.6 is 0 Å². The largest absolute Gasteiger partial charge is 0.385 e. The molecule has 1 aliphatic carbocycles. The van der Waals surface area contributed by atoms with Crippen LogP contribution in [0.15, 0.2) is 30.5 Å². The summed E-state index contributed by atoms with van der Waals surface area (Å²) in [6.07, 6.45) is 8.54. The van der Waals surface area contributed by atoms with Crippen molar-refractivity contribution in [2.75, 3.05) is 0 Å². The van der Waals surface area contributed by atoms with Crippen LogP contribution in [0.4, 0.5) is 0 Å². The Morgan fingerprint density at radius 2 is 2.16 bits per heavy atom. The van der Waals surface area contributed by atoms with E-state index in [1.807, 2.05) is 12.3 Å². The van der Waals surface area contributed by atoms with E-state index in [-0.39, 0.29) is 0 Å². The first kappa shape index (κ1) is 12.7. The van der Waals surface area contributed by atoms with Crippen LogP contribution in [0.25, 0.3) is 10.9 Å². The molecular weight excluding hydrogens is 234 g/mol. The van der Waals surface area contributed by atoms with Gasteiger partial charge >= 0.3 is 0 Å². The molecule has 2 nitrogen and oxygen atoms in total. The maximum Gasteiger partial charge on any atom is 0.0903 e. The lowest BCUT2D eigenvalue weighted by Gasteiger charge is -2.28. The van der Waals surface area contributed by atoms with Crippen molar-refractivity contribution in [3.63, 3.8) is 0 Å². The Morgan fingerprint density at radius 1 is 1.26 bits per heavy atom. The number of H-pyrrole nitrogens is 1. The summed E-state index contributed by atoms with van der Waals surface area (Å²) in [6, 6.07) is 8.31. The van der Waals surface area contributed by atoms with Crippen molar-refractivity contribution in [1.82, 2.24) is 4.98 Å². The molecule has 0 spiro atoms. The van der Waals surface area contributed by atoms with E-state index in [1.54, 1.807) is 0 Å². The van der Waals surface area contributed by atoms with E-state index in [0.717, 1.165) is 42.7 Å². The summed E-state index contributed by atoms with van der Waals surface area (Å²) in [5, 5.41) is 12.3. The van der Waals surface area contributed by atoms with Crippen LogP contribution in [0.1, 0.15) is 51.0 Å². The van der Waals surface area contributed by atoms with Gasteiger partial charge in [0.2, 0.25) is 0 Å². The fraction of sp³-hybridized carbons (Fsp3) is 0.529. The second-order valence-corrected chi connectivity index (χ2v) is 5.98. The molecule has 2 aromatic rings. The molecule has 0 bridgehead atoms. The molecular formula is C17H23NO. The fourth-order valence-corrected chi connectivity index (χ4v) is 3.56. The summed E-state index contributed by atoms with van der Waals surface area (Å²) < 4.78 is 0. The number of aromatic amines is 1. The molecule has 1 aliphatic rings. The SMILES string of the molecule is CCC1CCCC(O)(c2cccc3[nH]ccc23)CC1. The Kier molecular flexibility index (Phi) is 3.36. The standard InChI is InChI=1S/C17H23NO/c1-2-13-5-4-10-17(19,11-8-13)15-6-3-7-16-14(15)9-12-18-16/h3,6-7,9,12-13,18-19H,2,4-5,8,10-11H2,1H3. The number of hydrogen-bond donors (Lipinski definition) is 2. The van der Waals surface area contributed by atoms with Crippen LogP contribution in [-0.4, -0.2) is 10.1 Å². The maximum absolute atomic E-state index is 11.1. The highest BCUT2D eigenvalue weighted by molar-refractivity contribution is 5.83. The normalized spacial score (nSPS) is 28.4. The first-order valence-electron chi connectivity index (χ1n) is 7.52. The van der Waals surface area contributed by atoms with Gasteiger partial charge in [0.05, 0.1) is 5.60 Å². The molecule has 2 N–H and O–H groups in total. The average molecular weight is 257 g/mol. The summed E-state index contributed by atoms with van der Waals surface area (Å²) >= 11 is 0. The third-order valence-electron chi connectivity index (χ3n) is 4.84. The van der Waals surface area contributed by atoms with Gasteiger partial charge in [0.25, 0.3) is 0 Å². The van der Waals surface area contributed by atoms with Gasteiger partial charge in [-0.25, -0.2) is 0 Å². The summed E-state index contributed by atoms with van der Waals surface area (Å²) in [4.78, 5) is 3.24. The fourth-order valence-electron chi connectivity index (χ4n) is 3.56. The molecule has 1 aromatic heterocycles. The van der Waals surface area contributed by atoms with Crippen molar-refractivity contribution in [2.24, 2.45) is 5.92 Å². The van der Waals surface area contributed by atoms with Gasteiger partial charge in [-0.1, -0.05) is 31.9 Å². The number of hydrogen-bond acceptors (Lipinski definition) is 1. The molecule has 1 aromatic carbocycles. The molecule has 0 aliphatic heterocycles. The molecule has 0 amide bonds. The third kappa shape index (κ3) is 2.30. The van der Waals surface area contributed by atoms with Crippen LogP contribution in [0.5, 0.6) is 0 Å². The zero-order valence-electron chi connectivity index (χ0n) is 11.7. The van der Waals surface area contributed by atoms with Gasteiger partial charge in [0.15, 0.2) is 0 Å². The summed E-state index contributed by atoms with van der Waals surface area (Å²) in [5.74, 6) is 0.791. The first-order chi connectivity index (χ1) is 9.23. The molecule has 2 unspecified atom stereocenters. The summed E-state index contributed by atoms with van der Waals surface area (Å²) in [6.45, 7) is 2.27. The molecule has 1 heterocycles. The number of aromatic nitrogens is 1. The van der Waals surface area contributed by atoms with Gasteiger partial charge in [-0.3, -0.25) is 0 Å². The number of fused-ring (bicyclic) bond motifs is 1. The van der Waals surface area contributed by atoms with E-state index < -0.39 is 5.60 Å². The number of rotatable bonds is 2. The van der Waals surface area contributed by atoms with Gasteiger partial charge < -0.3 is 10.1 Å². The first-order valence-corrected chi connectivity index (χ1v) is 7.52. The molecule has 102 valence electrons. The zero-order valence-corrected chi connectivity index (χ0v) is 11.7. The smallest absolute Gasteiger partial charge is 0.0903 e. The number of nitrogens with one attached hydrogen (secondary N) is 1. The van der Waals surface area contributed by atoms with Crippen molar-refractivity contribution in [3.05, 3.63) is 36.0 Å². The van der Waals surface area contributed by atoms with E-state index in [9.17, 15) is 5.11 Å². The highest BCUT2D eigenvalue weighted by atomic mass is 16.3. The van der Waals surface area contributed by atoms with E-state index >= 15 is 0 Å². The van der Waals surface area contributed by atoms with Crippen LogP contribution in [0.3, 0.4) is 0 Å². The lowest BCUT2D eigenvalue weighted by molar-refractivity contribution is 0.0211. The van der Waals surface area contributed by atoms with Crippen LogP contribution in [-0.2, 0) is 5.60 Å². The second kappa shape index (κ2) is 5.01. The summed E-state index contributed by atoms with van der Waals surface area (Å²) in [7, 11) is 0. The van der Waals surface area contributed by atoms with Crippen LogP contribution < -0.4 is 0 Å². The van der Waals surface area contributed by atoms with Crippen LogP contribution in [0.2, 0.25) is 0 Å². The Morgan fingerprint density at radius 3 is 3.00 bits per heavy atom. The lowest BCUT2D eigenvalue weighted by Crippen LogP contribution is -2.25. The Balaban J connectivity index is 1.97. The Hall–Kier alpha value is -1.28. The monoisotopic (exact) mass is 257 g/mol. The van der Waals surface area contributed by atoms with Crippen molar-refractivity contribution in [2.45, 2.75) is 51.0 Å². The minimum absolute atomic E-state index is 0.633. The highest BCUT2D eigenvalue weighted by Gasteiger charge is 2.33. The minimum atomic E-state index is -0.633. The molecule has 0 saturated heterocycles. The van der Waals surface area contributed by atoms with E-state index in [0.29, 0.717) is 0 Å². The number of benzene rings is 1. The molecule has 0 radical (unpaired) electrons. The minimum Gasteiger partial charge on any atom is -0.385 e. The van der Waals surface area contributed by atoms with E-state index in [1.165, 1.54) is 18.2 Å². The average Bonchev–Trinajstić information content (AvgIpc) is 2.82. The summed E-state index contributed by atoms with van der Waals surface area (Å²) in [5.41, 5.74) is 1.61. The van der Waals surface area contributed by atoms with Crippen molar-refractivity contribution < 1.29 is 5.11 Å².